The van der Waals surface area contributed by atoms with Crippen molar-refractivity contribution in [1.29, 1.82) is 0 Å². The van der Waals surface area contributed by atoms with Gasteiger partial charge < -0.3 is 5.32 Å². The maximum Gasteiger partial charge on any atom is 0.417 e. The Bertz CT molecular complexity index is 696. The largest absolute Gasteiger partial charge is 0.417 e. The second kappa shape index (κ2) is 6.66. The van der Waals surface area contributed by atoms with Crippen LogP contribution in [0.15, 0.2) is 60.7 Å². The lowest BCUT2D eigenvalue weighted by atomic mass is 10.1. The first-order valence-electron chi connectivity index (χ1n) is 6.27. The SMILES string of the molecule is O=C(/C=C(\c1ccccc1)C(F)(F)F)Nc1cccc(Cl)c1. The Hall–Kier alpha value is -2.27. The summed E-state index contributed by atoms with van der Waals surface area (Å²) >= 11 is 5.76. The minimum Gasteiger partial charge on any atom is -0.322 e. The molecule has 1 amide bonds. The molecular formula is C16H11ClF3NO. The van der Waals surface area contributed by atoms with Gasteiger partial charge in [-0.15, -0.1) is 0 Å². The van der Waals surface area contributed by atoms with E-state index in [2.05, 4.69) is 5.32 Å². The quantitative estimate of drug-likeness (QED) is 0.797. The van der Waals surface area contributed by atoms with Crippen LogP contribution in [0.4, 0.5) is 18.9 Å². The topological polar surface area (TPSA) is 29.1 Å². The lowest BCUT2D eigenvalue weighted by molar-refractivity contribution is -0.112. The number of amides is 1. The maximum atomic E-state index is 13.1. The Morgan fingerprint density at radius 1 is 1.05 bits per heavy atom. The summed E-state index contributed by atoms with van der Waals surface area (Å²) in [5.74, 6) is -0.876. The summed E-state index contributed by atoms with van der Waals surface area (Å²) in [5.41, 5.74) is -0.757. The van der Waals surface area contributed by atoms with Crippen molar-refractivity contribution in [3.8, 4) is 0 Å². The number of carbonyl (C=O) groups is 1. The summed E-state index contributed by atoms with van der Waals surface area (Å²) in [4.78, 5) is 11.8. The van der Waals surface area contributed by atoms with Gasteiger partial charge in [0.15, 0.2) is 0 Å². The highest BCUT2D eigenvalue weighted by atomic mass is 35.5. The van der Waals surface area contributed by atoms with Crippen LogP contribution in [-0.4, -0.2) is 12.1 Å². The van der Waals surface area contributed by atoms with Crippen LogP contribution in [0.5, 0.6) is 0 Å². The van der Waals surface area contributed by atoms with Crippen molar-refractivity contribution >= 4 is 28.8 Å². The molecule has 2 aromatic rings. The molecule has 0 saturated carbocycles. The molecule has 0 spiro atoms. The first kappa shape index (κ1) is 16.1. The van der Waals surface area contributed by atoms with Crippen LogP contribution in [0, 0.1) is 0 Å². The smallest absolute Gasteiger partial charge is 0.322 e. The fraction of sp³-hybridized carbons (Fsp3) is 0.0625. The third-order valence-corrected chi connectivity index (χ3v) is 2.99. The standard InChI is InChI=1S/C16H11ClF3NO/c17-12-7-4-8-13(9-12)21-15(22)10-14(16(18,19)20)11-5-2-1-3-6-11/h1-10H,(H,21,22)/b14-10+. The van der Waals surface area contributed by atoms with Gasteiger partial charge in [-0.3, -0.25) is 4.79 Å². The van der Waals surface area contributed by atoms with Crippen LogP contribution in [0.3, 0.4) is 0 Å². The predicted molar refractivity (Wildman–Crippen MR) is 80.6 cm³/mol. The number of benzene rings is 2. The summed E-state index contributed by atoms with van der Waals surface area (Å²) in [7, 11) is 0. The molecule has 22 heavy (non-hydrogen) atoms. The van der Waals surface area contributed by atoms with E-state index in [1.54, 1.807) is 18.2 Å². The van der Waals surface area contributed by atoms with E-state index in [0.29, 0.717) is 16.8 Å². The Morgan fingerprint density at radius 2 is 1.73 bits per heavy atom. The molecule has 0 radical (unpaired) electrons. The summed E-state index contributed by atoms with van der Waals surface area (Å²) in [5, 5.41) is 2.73. The van der Waals surface area contributed by atoms with Gasteiger partial charge in [0.2, 0.25) is 5.91 Å². The van der Waals surface area contributed by atoms with Gasteiger partial charge >= 0.3 is 6.18 Å². The zero-order valence-electron chi connectivity index (χ0n) is 11.2. The number of allylic oxidation sites excluding steroid dienone is 1. The number of alkyl halides is 3. The molecule has 0 aromatic heterocycles. The van der Waals surface area contributed by atoms with E-state index in [1.165, 1.54) is 36.4 Å². The van der Waals surface area contributed by atoms with Crippen LogP contribution >= 0.6 is 11.6 Å². The molecule has 0 bridgehead atoms. The molecule has 0 aliphatic carbocycles. The van der Waals surface area contributed by atoms with Crippen molar-refractivity contribution in [3.05, 3.63) is 71.3 Å². The zero-order chi connectivity index (χ0) is 16.2. The maximum absolute atomic E-state index is 13.1. The number of nitrogens with one attached hydrogen (secondary N) is 1. The average Bonchev–Trinajstić information content (AvgIpc) is 2.44. The molecule has 114 valence electrons. The number of rotatable bonds is 3. The molecule has 0 aliphatic rings. The molecule has 2 nitrogen and oxygen atoms in total. The van der Waals surface area contributed by atoms with E-state index in [-0.39, 0.29) is 5.56 Å². The minimum atomic E-state index is -4.63. The van der Waals surface area contributed by atoms with Crippen LogP contribution < -0.4 is 5.32 Å². The minimum absolute atomic E-state index is 0.0729. The molecule has 0 heterocycles. The van der Waals surface area contributed by atoms with Crippen molar-refractivity contribution in [1.82, 2.24) is 0 Å². The van der Waals surface area contributed by atoms with Gasteiger partial charge in [-0.25, -0.2) is 0 Å². The molecule has 0 unspecified atom stereocenters. The molecular weight excluding hydrogens is 315 g/mol. The third-order valence-electron chi connectivity index (χ3n) is 2.76. The van der Waals surface area contributed by atoms with Gasteiger partial charge in [0.1, 0.15) is 0 Å². The summed E-state index contributed by atoms with van der Waals surface area (Å²) < 4.78 is 39.3. The van der Waals surface area contributed by atoms with Crippen LogP contribution in [0.25, 0.3) is 5.57 Å². The predicted octanol–water partition coefficient (Wildman–Crippen LogP) is 4.92. The monoisotopic (exact) mass is 325 g/mol. The Morgan fingerprint density at radius 3 is 2.32 bits per heavy atom. The number of carbonyl (C=O) groups excluding carboxylic acids is 1. The van der Waals surface area contributed by atoms with Gasteiger partial charge in [-0.1, -0.05) is 48.0 Å². The number of halogens is 4. The average molecular weight is 326 g/mol. The van der Waals surface area contributed by atoms with Gasteiger partial charge in [-0.05, 0) is 23.8 Å². The zero-order valence-corrected chi connectivity index (χ0v) is 11.9. The Labute approximate surface area is 130 Å². The van der Waals surface area contributed by atoms with Gasteiger partial charge in [0.25, 0.3) is 0 Å². The summed E-state index contributed by atoms with van der Waals surface area (Å²) in [6, 6.07) is 13.3. The second-order valence-corrected chi connectivity index (χ2v) is 4.86. The Kier molecular flexibility index (Phi) is 4.88. The molecule has 0 atom stereocenters. The highest BCUT2D eigenvalue weighted by Gasteiger charge is 2.35. The molecule has 2 rings (SSSR count). The van der Waals surface area contributed by atoms with E-state index in [9.17, 15) is 18.0 Å². The number of hydrogen-bond donors (Lipinski definition) is 1. The van der Waals surface area contributed by atoms with Gasteiger partial charge in [0, 0.05) is 16.8 Å². The lowest BCUT2D eigenvalue weighted by Gasteiger charge is -2.12. The fourth-order valence-corrected chi connectivity index (χ4v) is 2.01. The van der Waals surface area contributed by atoms with E-state index in [4.69, 9.17) is 11.6 Å². The van der Waals surface area contributed by atoms with Crippen LogP contribution in [0.2, 0.25) is 5.02 Å². The molecule has 0 fully saturated rings. The second-order valence-electron chi connectivity index (χ2n) is 4.42. The molecule has 0 aliphatic heterocycles. The van der Waals surface area contributed by atoms with E-state index in [1.807, 2.05) is 0 Å². The van der Waals surface area contributed by atoms with E-state index >= 15 is 0 Å². The van der Waals surface area contributed by atoms with Crippen molar-refractivity contribution in [2.75, 3.05) is 5.32 Å². The highest BCUT2D eigenvalue weighted by molar-refractivity contribution is 6.30. The lowest BCUT2D eigenvalue weighted by Crippen LogP contribution is -2.16. The molecule has 6 heteroatoms. The fourth-order valence-electron chi connectivity index (χ4n) is 1.82. The number of anilines is 1. The molecule has 1 N–H and O–H groups in total. The van der Waals surface area contributed by atoms with Crippen molar-refractivity contribution < 1.29 is 18.0 Å². The van der Waals surface area contributed by atoms with Crippen molar-refractivity contribution in [2.45, 2.75) is 6.18 Å². The first-order valence-corrected chi connectivity index (χ1v) is 6.65. The van der Waals surface area contributed by atoms with Crippen LogP contribution in [0.1, 0.15) is 5.56 Å². The Balaban J connectivity index is 2.28. The molecule has 0 saturated heterocycles. The third kappa shape index (κ3) is 4.36. The van der Waals surface area contributed by atoms with Gasteiger partial charge in [0.05, 0.1) is 5.57 Å². The van der Waals surface area contributed by atoms with E-state index in [0.717, 1.165) is 0 Å². The van der Waals surface area contributed by atoms with Crippen LogP contribution in [-0.2, 0) is 4.79 Å². The summed E-state index contributed by atoms with van der Waals surface area (Å²) in [6.07, 6.45) is -4.09. The summed E-state index contributed by atoms with van der Waals surface area (Å²) in [6.45, 7) is 0. The normalized spacial score (nSPS) is 12.1. The van der Waals surface area contributed by atoms with Gasteiger partial charge in [-0.2, -0.15) is 13.2 Å². The first-order chi connectivity index (χ1) is 10.4. The van der Waals surface area contributed by atoms with Crippen molar-refractivity contribution in [3.63, 3.8) is 0 Å². The number of hydrogen-bond acceptors (Lipinski definition) is 1. The van der Waals surface area contributed by atoms with E-state index < -0.39 is 17.7 Å². The molecule has 2 aromatic carbocycles. The van der Waals surface area contributed by atoms with Crippen molar-refractivity contribution in [2.24, 2.45) is 0 Å². The highest BCUT2D eigenvalue weighted by Crippen LogP contribution is 2.33.